The van der Waals surface area contributed by atoms with E-state index in [1.54, 1.807) is 0 Å². The van der Waals surface area contributed by atoms with Gasteiger partial charge in [-0.1, -0.05) is 0 Å². The van der Waals surface area contributed by atoms with Crippen molar-refractivity contribution in [1.29, 1.82) is 0 Å². The molecular weight excluding hydrogens is 656 g/mol. The number of carbonyl (C=O) groups excluding carboxylic acids is 4. The van der Waals surface area contributed by atoms with E-state index in [9.17, 15) is 19.2 Å². The van der Waals surface area contributed by atoms with Crippen molar-refractivity contribution in [2.24, 2.45) is 0 Å². The molecule has 23 heteroatoms. The van der Waals surface area contributed by atoms with Gasteiger partial charge < -0.3 is 116 Å². The van der Waals surface area contributed by atoms with Crippen LogP contribution in [0, 0.1) is 0 Å². The van der Waals surface area contributed by atoms with Crippen LogP contribution in [-0.2, 0) is 19.2 Å². The summed E-state index contributed by atoms with van der Waals surface area (Å²) < 4.78 is 0. The molecule has 0 radical (unpaired) electrons. The summed E-state index contributed by atoms with van der Waals surface area (Å²) in [4.78, 5) is 39.6. The van der Waals surface area contributed by atoms with Crippen LogP contribution >= 0.6 is 0 Å². The van der Waals surface area contributed by atoms with Crippen LogP contribution in [0.25, 0.3) is 0 Å². The average molecular weight is 705 g/mol. The lowest BCUT2D eigenvalue weighted by Crippen LogP contribution is -2.46. The highest BCUT2D eigenvalue weighted by Crippen LogP contribution is 2.05. The Morgan fingerprint density at radius 3 is 0.638 bits per heavy atom. The van der Waals surface area contributed by atoms with Crippen LogP contribution in [0.4, 0.5) is 0 Å². The minimum Gasteiger partial charge on any atom is -0.394 e. The van der Waals surface area contributed by atoms with Gasteiger partial charge in [-0.05, 0) is 6.92 Å². The van der Waals surface area contributed by atoms with Gasteiger partial charge in [-0.3, -0.25) is 0 Å². The van der Waals surface area contributed by atoms with Gasteiger partial charge in [0.1, 0.15) is 91.6 Å². The molecule has 282 valence electrons. The van der Waals surface area contributed by atoms with E-state index in [2.05, 4.69) is 0 Å². The second kappa shape index (κ2) is 28.9. The van der Waals surface area contributed by atoms with Crippen molar-refractivity contribution in [2.45, 2.75) is 105 Å². The van der Waals surface area contributed by atoms with E-state index in [1.165, 1.54) is 6.92 Å². The number of carbonyl (C=O) groups is 4. The molecule has 0 aromatic heterocycles. The summed E-state index contributed by atoms with van der Waals surface area (Å²) in [6.07, 6.45) is -26.4. The third-order valence-electron chi connectivity index (χ3n) is 5.60. The Labute approximate surface area is 266 Å². The molecule has 0 saturated heterocycles. The van der Waals surface area contributed by atoms with Crippen LogP contribution in [0.3, 0.4) is 0 Å². The quantitative estimate of drug-likeness (QED) is 0.0555. The van der Waals surface area contributed by atoms with E-state index in [0.29, 0.717) is 0 Å². The number of aldehydes is 4. The van der Waals surface area contributed by atoms with E-state index >= 15 is 0 Å². The van der Waals surface area contributed by atoms with E-state index in [1.807, 2.05) is 0 Å². The third-order valence-corrected chi connectivity index (χ3v) is 5.60. The molecule has 0 aliphatic rings. The van der Waals surface area contributed by atoms with Gasteiger partial charge in [0.15, 0.2) is 25.1 Å². The highest BCUT2D eigenvalue weighted by molar-refractivity contribution is 5.57. The summed E-state index contributed by atoms with van der Waals surface area (Å²) in [5.74, 6) is 0. The number of hydrogen-bond acceptors (Lipinski definition) is 23. The smallest absolute Gasteiger partial charge is 0.151 e. The monoisotopic (exact) mass is 704 g/mol. The topological polar surface area (TPSA) is 453 Å². The lowest BCUT2D eigenvalue weighted by Gasteiger charge is -2.22. The summed E-state index contributed by atoms with van der Waals surface area (Å²) in [5, 5.41) is 166. The number of hydrogen-bond donors (Lipinski definition) is 19. The molecule has 0 aliphatic carbocycles. The molecule has 19 N–H and O–H groups in total. The Morgan fingerprint density at radius 2 is 0.511 bits per heavy atom. The molecule has 47 heavy (non-hydrogen) atoms. The lowest BCUT2D eigenvalue weighted by atomic mass is 10.0. The Hall–Kier alpha value is -2.08. The zero-order valence-electron chi connectivity index (χ0n) is 24.8. The molecule has 0 rings (SSSR count). The number of aliphatic hydroxyl groups excluding tert-OH is 19. The van der Waals surface area contributed by atoms with E-state index in [-0.39, 0.29) is 25.1 Å². The SMILES string of the molecule is C[C@@H](O)[C@@H](O)[C@H](O)[C@@H](O)C=O.O=C[C@@H](O)[C@@H](O)[C@H](O)[C@H](O)CO.O=C[C@H](O)[C@@H](O)[C@@H](O)[C@H](O)CO.O=C[C@H](O)[C@@H](O)[C@H](O)[C@H](O)CO. The zero-order valence-corrected chi connectivity index (χ0v) is 24.8. The summed E-state index contributed by atoms with van der Waals surface area (Å²) >= 11 is 0. The van der Waals surface area contributed by atoms with Gasteiger partial charge in [-0.25, -0.2) is 0 Å². The van der Waals surface area contributed by atoms with Gasteiger partial charge in [0.25, 0.3) is 0 Å². The molecule has 0 heterocycles. The van der Waals surface area contributed by atoms with Crippen molar-refractivity contribution in [3.8, 4) is 0 Å². The molecule has 0 fully saturated rings. The second-order valence-electron chi connectivity index (χ2n) is 9.42. The summed E-state index contributed by atoms with van der Waals surface area (Å²) in [6, 6.07) is 0. The zero-order chi connectivity index (χ0) is 38.2. The van der Waals surface area contributed by atoms with Gasteiger partial charge in [0.2, 0.25) is 0 Å². The molecule has 0 bridgehead atoms. The number of rotatable bonds is 19. The summed E-state index contributed by atoms with van der Waals surface area (Å²) in [7, 11) is 0. The minimum absolute atomic E-state index is 0.0258. The van der Waals surface area contributed by atoms with Crippen molar-refractivity contribution in [3.63, 3.8) is 0 Å². The van der Waals surface area contributed by atoms with E-state index < -0.39 is 117 Å². The van der Waals surface area contributed by atoms with E-state index in [0.717, 1.165) is 0 Å². The minimum atomic E-state index is -1.79. The highest BCUT2D eigenvalue weighted by Gasteiger charge is 2.31. The first-order chi connectivity index (χ1) is 21.6. The molecule has 0 saturated carbocycles. The lowest BCUT2D eigenvalue weighted by molar-refractivity contribution is -0.136. The molecule has 0 aromatic carbocycles. The predicted molar refractivity (Wildman–Crippen MR) is 147 cm³/mol. The first-order valence-electron chi connectivity index (χ1n) is 13.2. The molecule has 0 aliphatic heterocycles. The summed E-state index contributed by atoms with van der Waals surface area (Å²) in [5.41, 5.74) is 0. The van der Waals surface area contributed by atoms with Gasteiger partial charge in [-0.2, -0.15) is 0 Å². The fourth-order valence-electron chi connectivity index (χ4n) is 2.42. The van der Waals surface area contributed by atoms with Crippen LogP contribution in [0.15, 0.2) is 0 Å². The number of aliphatic hydroxyl groups is 19. The Bertz CT molecular complexity index is 714. The molecule has 0 spiro atoms. The fourth-order valence-corrected chi connectivity index (χ4v) is 2.42. The van der Waals surface area contributed by atoms with Gasteiger partial charge in [0.05, 0.1) is 25.9 Å². The Balaban J connectivity index is -0.000000262. The first-order valence-corrected chi connectivity index (χ1v) is 13.2. The molecular formula is C24H48O23. The Morgan fingerprint density at radius 1 is 0.340 bits per heavy atom. The van der Waals surface area contributed by atoms with E-state index in [4.69, 9.17) is 97.0 Å². The largest absolute Gasteiger partial charge is 0.394 e. The predicted octanol–water partition coefficient (Wildman–Crippen LogP) is -12.5. The normalized spacial score (nSPS) is 21.3. The molecule has 23 nitrogen and oxygen atoms in total. The standard InChI is InChI=1S/3C6H12O6.C6H12O5/c3*7-1-3(9)5(11)6(12)4(10)2-8;1-3(8)5(10)6(11)4(9)2-7/h3*1,3-6,8-12H,2H2;2-6,8-11H,1H3/t3-,4+,5+,6+;3-,4+,5+,6-;3-,4-,5-,6-;3-,4+,5-,6-/m0011/s1. The molecule has 0 aromatic rings. The van der Waals surface area contributed by atoms with Gasteiger partial charge in [0, 0.05) is 0 Å². The second-order valence-corrected chi connectivity index (χ2v) is 9.42. The van der Waals surface area contributed by atoms with Crippen molar-refractivity contribution in [1.82, 2.24) is 0 Å². The van der Waals surface area contributed by atoms with Crippen LogP contribution in [0.1, 0.15) is 6.92 Å². The van der Waals surface area contributed by atoms with Crippen molar-refractivity contribution < 1.29 is 116 Å². The Kier molecular flexibility index (Phi) is 31.8. The van der Waals surface area contributed by atoms with Crippen LogP contribution in [0.2, 0.25) is 0 Å². The van der Waals surface area contributed by atoms with Crippen molar-refractivity contribution >= 4 is 25.1 Å². The van der Waals surface area contributed by atoms with Gasteiger partial charge >= 0.3 is 0 Å². The molecule has 0 amide bonds. The molecule has 0 unspecified atom stereocenters. The molecule has 16 atom stereocenters. The van der Waals surface area contributed by atoms with Gasteiger partial charge in [-0.15, -0.1) is 0 Å². The van der Waals surface area contributed by atoms with Crippen molar-refractivity contribution in [3.05, 3.63) is 0 Å². The third kappa shape index (κ3) is 21.5. The maximum atomic E-state index is 9.90. The highest BCUT2D eigenvalue weighted by atomic mass is 16.4. The van der Waals surface area contributed by atoms with Crippen LogP contribution < -0.4 is 0 Å². The first kappa shape index (κ1) is 51.7. The fraction of sp³-hybridized carbons (Fsp3) is 0.833. The van der Waals surface area contributed by atoms with Crippen LogP contribution in [-0.4, -0.2) is 240 Å². The average Bonchev–Trinajstić information content (AvgIpc) is 3.09. The van der Waals surface area contributed by atoms with Crippen LogP contribution in [0.5, 0.6) is 0 Å². The summed E-state index contributed by atoms with van der Waals surface area (Å²) in [6.45, 7) is -1.04. The van der Waals surface area contributed by atoms with Crippen molar-refractivity contribution in [2.75, 3.05) is 19.8 Å². The maximum Gasteiger partial charge on any atom is 0.151 e. The maximum absolute atomic E-state index is 9.90.